The van der Waals surface area contributed by atoms with Gasteiger partial charge in [-0.1, -0.05) is 35.2 Å². The first-order valence-electron chi connectivity index (χ1n) is 11.6. The van der Waals surface area contributed by atoms with E-state index in [-0.39, 0.29) is 6.61 Å². The monoisotopic (exact) mass is 517 g/mol. The number of hydrogen-bond donors (Lipinski definition) is 3. The van der Waals surface area contributed by atoms with Crippen molar-refractivity contribution >= 4 is 44.3 Å². The van der Waals surface area contributed by atoms with Gasteiger partial charge in [-0.25, -0.2) is 4.98 Å². The van der Waals surface area contributed by atoms with Gasteiger partial charge >= 0.3 is 0 Å². The number of anilines is 3. The highest BCUT2D eigenvalue weighted by Crippen LogP contribution is 2.25. The second-order valence-corrected chi connectivity index (χ2v) is 9.29. The third kappa shape index (κ3) is 6.63. The van der Waals surface area contributed by atoms with Crippen molar-refractivity contribution in [3.8, 4) is 0 Å². The van der Waals surface area contributed by atoms with Crippen LogP contribution in [0.4, 0.5) is 17.5 Å². The van der Waals surface area contributed by atoms with E-state index in [0.29, 0.717) is 18.3 Å². The fourth-order valence-corrected chi connectivity index (χ4v) is 4.71. The van der Waals surface area contributed by atoms with E-state index < -0.39 is 0 Å². The predicted molar refractivity (Wildman–Crippen MR) is 134 cm³/mol. The molecule has 0 amide bonds. The van der Waals surface area contributed by atoms with Crippen LogP contribution < -0.4 is 11.1 Å². The minimum absolute atomic E-state index is 0.0371. The molecular formula is C23H32BrN7O2. The molecule has 1 aliphatic heterocycles. The van der Waals surface area contributed by atoms with E-state index in [1.54, 1.807) is 17.1 Å². The lowest BCUT2D eigenvalue weighted by atomic mass is 9.94. The third-order valence-corrected chi connectivity index (χ3v) is 6.54. The molecule has 3 aromatic rings. The first-order valence-corrected chi connectivity index (χ1v) is 12.4. The highest BCUT2D eigenvalue weighted by atomic mass is 79.9. The SMILES string of the molecule is C1CCC(N2CCOCC2)CC1.Nc1nc(Nc2cnn(CCO)c2)nc2ccc(Br)cc12. The van der Waals surface area contributed by atoms with E-state index in [1.165, 1.54) is 45.2 Å². The van der Waals surface area contributed by atoms with Crippen molar-refractivity contribution in [3.05, 3.63) is 35.1 Å². The molecular weight excluding hydrogens is 486 g/mol. The summed E-state index contributed by atoms with van der Waals surface area (Å²) in [5.74, 6) is 0.817. The Morgan fingerprint density at radius 2 is 1.94 bits per heavy atom. The number of aliphatic hydroxyl groups excluding tert-OH is 1. The number of nitrogen functional groups attached to an aromatic ring is 1. The summed E-state index contributed by atoms with van der Waals surface area (Å²) >= 11 is 3.40. The quantitative estimate of drug-likeness (QED) is 0.470. The predicted octanol–water partition coefficient (Wildman–Crippen LogP) is 3.56. The molecule has 10 heteroatoms. The molecule has 0 atom stereocenters. The van der Waals surface area contributed by atoms with Gasteiger partial charge in [0.25, 0.3) is 0 Å². The number of benzene rings is 1. The molecule has 2 aromatic heterocycles. The van der Waals surface area contributed by atoms with Crippen LogP contribution in [-0.2, 0) is 11.3 Å². The minimum atomic E-state index is 0.0371. The van der Waals surface area contributed by atoms with E-state index >= 15 is 0 Å². The lowest BCUT2D eigenvalue weighted by molar-refractivity contribution is 0.00858. The molecule has 0 bridgehead atoms. The maximum Gasteiger partial charge on any atom is 0.229 e. The van der Waals surface area contributed by atoms with Crippen molar-refractivity contribution in [2.24, 2.45) is 0 Å². The summed E-state index contributed by atoms with van der Waals surface area (Å²) in [7, 11) is 0. The summed E-state index contributed by atoms with van der Waals surface area (Å²) in [5.41, 5.74) is 7.46. The van der Waals surface area contributed by atoms with Crippen LogP contribution in [0, 0.1) is 0 Å². The van der Waals surface area contributed by atoms with Crippen molar-refractivity contribution in [1.29, 1.82) is 0 Å². The van der Waals surface area contributed by atoms with Crippen LogP contribution in [0.3, 0.4) is 0 Å². The largest absolute Gasteiger partial charge is 0.394 e. The molecule has 3 heterocycles. The lowest BCUT2D eigenvalue weighted by Crippen LogP contribution is -2.44. The molecule has 2 fully saturated rings. The number of rotatable bonds is 5. The van der Waals surface area contributed by atoms with Gasteiger partial charge in [0, 0.05) is 35.2 Å². The number of ether oxygens (including phenoxy) is 1. The number of fused-ring (bicyclic) bond motifs is 1. The molecule has 1 saturated carbocycles. The first-order chi connectivity index (χ1) is 16.1. The third-order valence-electron chi connectivity index (χ3n) is 6.04. The van der Waals surface area contributed by atoms with E-state index in [1.807, 2.05) is 18.2 Å². The van der Waals surface area contributed by atoms with Crippen LogP contribution in [0.1, 0.15) is 32.1 Å². The standard InChI is InChI=1S/C13H13BrN6O.C10H19NO/c14-8-1-2-11-10(5-8)12(15)19-13(18-11)17-9-6-16-20(7-9)3-4-21;1-2-4-10(5-3-1)11-6-8-12-9-7-11/h1-2,5-7,21H,3-4H2,(H3,15,17,18,19);10H,1-9H2. The van der Waals surface area contributed by atoms with Crippen molar-refractivity contribution in [1.82, 2.24) is 24.6 Å². The van der Waals surface area contributed by atoms with Gasteiger partial charge in [-0.3, -0.25) is 9.58 Å². The van der Waals surface area contributed by atoms with E-state index in [2.05, 4.69) is 41.2 Å². The van der Waals surface area contributed by atoms with Gasteiger partial charge in [-0.05, 0) is 31.0 Å². The second kappa shape index (κ2) is 11.7. The molecule has 0 unspecified atom stereocenters. The zero-order chi connectivity index (χ0) is 23.0. The van der Waals surface area contributed by atoms with Crippen LogP contribution in [0.25, 0.3) is 10.9 Å². The normalized spacial score (nSPS) is 17.5. The minimum Gasteiger partial charge on any atom is -0.394 e. The molecule has 0 radical (unpaired) electrons. The number of aliphatic hydroxyl groups is 1. The summed E-state index contributed by atoms with van der Waals surface area (Å²) in [6.07, 6.45) is 10.6. The topological polar surface area (TPSA) is 114 Å². The van der Waals surface area contributed by atoms with Crippen LogP contribution >= 0.6 is 15.9 Å². The number of nitrogens with one attached hydrogen (secondary N) is 1. The number of aromatic nitrogens is 4. The van der Waals surface area contributed by atoms with Gasteiger partial charge in [-0.2, -0.15) is 10.1 Å². The van der Waals surface area contributed by atoms with Crippen molar-refractivity contribution in [2.45, 2.75) is 44.7 Å². The van der Waals surface area contributed by atoms with E-state index in [9.17, 15) is 0 Å². The summed E-state index contributed by atoms with van der Waals surface area (Å²) in [5, 5.41) is 16.8. The summed E-state index contributed by atoms with van der Waals surface area (Å²) in [6.45, 7) is 4.73. The maximum atomic E-state index is 8.87. The molecule has 178 valence electrons. The molecule has 1 aromatic carbocycles. The average molecular weight is 518 g/mol. The Balaban J connectivity index is 0.000000183. The Hall–Kier alpha value is -2.27. The van der Waals surface area contributed by atoms with Gasteiger partial charge in [-0.15, -0.1) is 0 Å². The molecule has 0 spiro atoms. The maximum absolute atomic E-state index is 8.87. The Morgan fingerprint density at radius 3 is 2.70 bits per heavy atom. The molecule has 4 N–H and O–H groups in total. The zero-order valence-corrected chi connectivity index (χ0v) is 20.4. The van der Waals surface area contributed by atoms with Gasteiger partial charge in [0.15, 0.2) is 0 Å². The van der Waals surface area contributed by atoms with Crippen molar-refractivity contribution in [3.63, 3.8) is 0 Å². The van der Waals surface area contributed by atoms with E-state index in [0.717, 1.165) is 40.3 Å². The molecule has 2 aliphatic rings. The number of halogens is 1. The van der Waals surface area contributed by atoms with Crippen molar-refractivity contribution in [2.75, 3.05) is 44.0 Å². The fraction of sp³-hybridized carbons (Fsp3) is 0.522. The molecule has 33 heavy (non-hydrogen) atoms. The molecule has 1 saturated heterocycles. The number of nitrogens with zero attached hydrogens (tertiary/aromatic N) is 5. The number of nitrogens with two attached hydrogens (primary N) is 1. The second-order valence-electron chi connectivity index (χ2n) is 8.37. The van der Waals surface area contributed by atoms with Crippen LogP contribution in [0.2, 0.25) is 0 Å². The Bertz CT molecular complexity index is 1020. The Labute approximate surface area is 202 Å². The van der Waals surface area contributed by atoms with Gasteiger partial charge < -0.3 is 20.9 Å². The van der Waals surface area contributed by atoms with Crippen molar-refractivity contribution < 1.29 is 9.84 Å². The Morgan fingerprint density at radius 1 is 1.15 bits per heavy atom. The summed E-state index contributed by atoms with van der Waals surface area (Å²) in [6, 6.07) is 6.55. The number of morpholine rings is 1. The Kier molecular flexibility index (Phi) is 8.49. The lowest BCUT2D eigenvalue weighted by Gasteiger charge is -2.36. The molecule has 9 nitrogen and oxygen atoms in total. The van der Waals surface area contributed by atoms with Gasteiger partial charge in [0.2, 0.25) is 5.95 Å². The highest BCUT2D eigenvalue weighted by molar-refractivity contribution is 9.10. The van der Waals surface area contributed by atoms with Crippen LogP contribution in [0.15, 0.2) is 35.1 Å². The molecule has 1 aliphatic carbocycles. The smallest absolute Gasteiger partial charge is 0.229 e. The fourth-order valence-electron chi connectivity index (χ4n) is 4.35. The summed E-state index contributed by atoms with van der Waals surface area (Å²) < 4.78 is 7.90. The van der Waals surface area contributed by atoms with Gasteiger partial charge in [0.1, 0.15) is 5.82 Å². The number of hydrogen-bond acceptors (Lipinski definition) is 8. The average Bonchev–Trinajstić information content (AvgIpc) is 3.28. The zero-order valence-electron chi connectivity index (χ0n) is 18.8. The van der Waals surface area contributed by atoms with Gasteiger partial charge in [0.05, 0.1) is 43.8 Å². The highest BCUT2D eigenvalue weighted by Gasteiger charge is 2.22. The van der Waals surface area contributed by atoms with E-state index in [4.69, 9.17) is 15.6 Å². The van der Waals surface area contributed by atoms with Crippen LogP contribution in [0.5, 0.6) is 0 Å². The summed E-state index contributed by atoms with van der Waals surface area (Å²) in [4.78, 5) is 11.3. The first kappa shape index (κ1) is 23.9. The van der Waals surface area contributed by atoms with Crippen LogP contribution in [-0.4, -0.2) is 68.7 Å². The molecule has 5 rings (SSSR count).